The second kappa shape index (κ2) is 9.39. The Morgan fingerprint density at radius 2 is 1.96 bits per heavy atom. The van der Waals surface area contributed by atoms with Gasteiger partial charge in [0.1, 0.15) is 0 Å². The third kappa shape index (κ3) is 5.72. The van der Waals surface area contributed by atoms with E-state index in [1.807, 2.05) is 25.1 Å². The molecule has 0 fully saturated rings. The highest BCUT2D eigenvalue weighted by Crippen LogP contribution is 2.28. The number of carbonyl (C=O) groups is 2. The zero-order valence-electron chi connectivity index (χ0n) is 13.8. The van der Waals surface area contributed by atoms with E-state index in [1.54, 1.807) is 24.3 Å². The molecule has 0 radical (unpaired) electrons. The summed E-state index contributed by atoms with van der Waals surface area (Å²) in [6.45, 7) is 1.30. The lowest BCUT2D eigenvalue weighted by atomic mass is 10.2. The van der Waals surface area contributed by atoms with E-state index in [-0.39, 0.29) is 19.0 Å². The van der Waals surface area contributed by atoms with Gasteiger partial charge in [-0.2, -0.15) is 0 Å². The Bertz CT molecular complexity index is 782. The van der Waals surface area contributed by atoms with Gasteiger partial charge in [0.25, 0.3) is 0 Å². The van der Waals surface area contributed by atoms with Gasteiger partial charge in [-0.3, -0.25) is 4.79 Å². The molecule has 0 saturated heterocycles. The van der Waals surface area contributed by atoms with Crippen LogP contribution in [0.1, 0.15) is 22.2 Å². The molecule has 0 aliphatic rings. The minimum absolute atomic E-state index is 0.252. The molecule has 2 aromatic rings. The summed E-state index contributed by atoms with van der Waals surface area (Å²) in [6, 6.07) is 8.82. The molecule has 1 aromatic heterocycles. The van der Waals surface area contributed by atoms with Crippen molar-refractivity contribution in [2.45, 2.75) is 6.92 Å². The van der Waals surface area contributed by atoms with Gasteiger partial charge in [0, 0.05) is 0 Å². The van der Waals surface area contributed by atoms with E-state index < -0.39 is 5.97 Å². The molecule has 0 saturated carbocycles. The highest BCUT2D eigenvalue weighted by Gasteiger charge is 2.13. The van der Waals surface area contributed by atoms with E-state index in [4.69, 9.17) is 14.2 Å². The fraction of sp³-hybridized carbons (Fsp3) is 0.222. The summed E-state index contributed by atoms with van der Waals surface area (Å²) in [5, 5.41) is 0. The number of hydrogen-bond donors (Lipinski definition) is 0. The number of benzene rings is 1. The number of rotatable bonds is 8. The fourth-order valence-corrected chi connectivity index (χ4v) is 3.27. The lowest BCUT2D eigenvalue weighted by molar-refractivity contribution is -0.144. The van der Waals surface area contributed by atoms with Crippen molar-refractivity contribution in [3.63, 3.8) is 0 Å². The number of halogens is 1. The monoisotopic (exact) mass is 424 g/mol. The minimum atomic E-state index is -0.622. The van der Waals surface area contributed by atoms with Crippen LogP contribution in [0.15, 0.2) is 40.2 Å². The highest BCUT2D eigenvalue weighted by atomic mass is 79.9. The van der Waals surface area contributed by atoms with Crippen molar-refractivity contribution >= 4 is 45.1 Å². The number of ketones is 1. The van der Waals surface area contributed by atoms with Crippen LogP contribution in [0.25, 0.3) is 6.08 Å². The van der Waals surface area contributed by atoms with Crippen LogP contribution in [-0.4, -0.2) is 32.1 Å². The average molecular weight is 425 g/mol. The summed E-state index contributed by atoms with van der Waals surface area (Å²) >= 11 is 4.57. The Balaban J connectivity index is 1.86. The first-order valence-electron chi connectivity index (χ1n) is 7.41. The second-order valence-corrected chi connectivity index (χ2v) is 7.35. The van der Waals surface area contributed by atoms with E-state index in [0.717, 1.165) is 9.35 Å². The second-order valence-electron chi connectivity index (χ2n) is 4.89. The van der Waals surface area contributed by atoms with Crippen molar-refractivity contribution in [3.05, 3.63) is 50.6 Å². The summed E-state index contributed by atoms with van der Waals surface area (Å²) in [7, 11) is 1.53. The van der Waals surface area contributed by atoms with Gasteiger partial charge in [0.15, 0.2) is 24.7 Å². The lowest BCUT2D eigenvalue weighted by Crippen LogP contribution is -2.19. The average Bonchev–Trinajstić information content (AvgIpc) is 3.05. The molecule has 7 heteroatoms. The van der Waals surface area contributed by atoms with Crippen LogP contribution in [-0.2, 0) is 9.53 Å². The first kappa shape index (κ1) is 19.2. The quantitative estimate of drug-likeness (QED) is 0.465. The third-order valence-corrected chi connectivity index (χ3v) is 4.77. The Kier molecular flexibility index (Phi) is 7.21. The van der Waals surface area contributed by atoms with Crippen LogP contribution in [0.2, 0.25) is 0 Å². The summed E-state index contributed by atoms with van der Waals surface area (Å²) in [5.41, 5.74) is 0.960. The van der Waals surface area contributed by atoms with Crippen molar-refractivity contribution in [2.24, 2.45) is 0 Å². The predicted octanol–water partition coefficient (Wildman–Crippen LogP) is 4.36. The van der Waals surface area contributed by atoms with Crippen LogP contribution in [0.3, 0.4) is 0 Å². The maximum Gasteiger partial charge on any atom is 0.344 e. The molecule has 0 N–H and O–H groups in total. The van der Waals surface area contributed by atoms with Crippen LogP contribution in [0, 0.1) is 0 Å². The Morgan fingerprint density at radius 3 is 2.60 bits per heavy atom. The number of thiophene rings is 1. The summed E-state index contributed by atoms with van der Waals surface area (Å²) < 4.78 is 16.5. The van der Waals surface area contributed by atoms with Crippen molar-refractivity contribution in [1.29, 1.82) is 0 Å². The van der Waals surface area contributed by atoms with Crippen molar-refractivity contribution in [3.8, 4) is 11.5 Å². The molecule has 0 unspecified atom stereocenters. The van der Waals surface area contributed by atoms with Gasteiger partial charge in [-0.15, -0.1) is 11.3 Å². The van der Waals surface area contributed by atoms with Crippen LogP contribution >= 0.6 is 27.3 Å². The van der Waals surface area contributed by atoms with Gasteiger partial charge in [-0.05, 0) is 52.7 Å². The molecule has 1 aromatic carbocycles. The normalized spacial score (nSPS) is 10.7. The van der Waals surface area contributed by atoms with Gasteiger partial charge in [0.2, 0.25) is 5.78 Å². The zero-order valence-corrected chi connectivity index (χ0v) is 16.2. The maximum absolute atomic E-state index is 11.9. The third-order valence-electron chi connectivity index (χ3n) is 3.10. The number of carbonyl (C=O) groups excluding carboxylic acids is 2. The van der Waals surface area contributed by atoms with Gasteiger partial charge >= 0.3 is 5.97 Å². The molecule has 0 aliphatic heterocycles. The lowest BCUT2D eigenvalue weighted by Gasteiger charge is -2.11. The first-order valence-corrected chi connectivity index (χ1v) is 9.02. The van der Waals surface area contributed by atoms with E-state index in [0.29, 0.717) is 16.4 Å². The van der Waals surface area contributed by atoms with Crippen molar-refractivity contribution < 1.29 is 23.8 Å². The van der Waals surface area contributed by atoms with Gasteiger partial charge in [0.05, 0.1) is 15.8 Å². The SMILES string of the molecule is CC=Cc1ccc(OCC(=O)OCC(=O)c2ccc(Br)s2)c(OC)c1. The van der Waals surface area contributed by atoms with E-state index in [9.17, 15) is 9.59 Å². The van der Waals surface area contributed by atoms with Gasteiger partial charge in [-0.25, -0.2) is 4.79 Å². The van der Waals surface area contributed by atoms with Crippen LogP contribution < -0.4 is 9.47 Å². The molecule has 5 nitrogen and oxygen atoms in total. The number of hydrogen-bond acceptors (Lipinski definition) is 6. The maximum atomic E-state index is 11.9. The largest absolute Gasteiger partial charge is 0.493 e. The number of Topliss-reactive ketones (excluding diaryl/α,β-unsaturated/α-hetero) is 1. The molecule has 0 bridgehead atoms. The molecule has 1 heterocycles. The first-order chi connectivity index (χ1) is 12.0. The number of methoxy groups -OCH3 is 1. The standard InChI is InChI=1S/C18H17BrO5S/c1-3-4-12-5-6-14(15(9-12)22-2)23-11-18(21)24-10-13(20)16-7-8-17(19)25-16/h3-9H,10-11H2,1-2H3. The topological polar surface area (TPSA) is 61.8 Å². The summed E-state index contributed by atoms with van der Waals surface area (Å²) in [5.74, 6) is 0.0741. The molecule has 132 valence electrons. The van der Waals surface area contributed by atoms with Crippen LogP contribution in [0.5, 0.6) is 11.5 Å². The number of esters is 1. The molecule has 0 aliphatic carbocycles. The highest BCUT2D eigenvalue weighted by molar-refractivity contribution is 9.11. The molecular weight excluding hydrogens is 408 g/mol. The molecule has 2 rings (SSSR count). The fourth-order valence-electron chi connectivity index (χ4n) is 1.96. The van der Waals surface area contributed by atoms with E-state index in [2.05, 4.69) is 15.9 Å². The van der Waals surface area contributed by atoms with E-state index >= 15 is 0 Å². The van der Waals surface area contributed by atoms with Crippen LogP contribution in [0.4, 0.5) is 0 Å². The number of allylic oxidation sites excluding steroid dienone is 1. The molecular formula is C18H17BrO5S. The van der Waals surface area contributed by atoms with Crippen molar-refractivity contribution in [1.82, 2.24) is 0 Å². The Labute approximate surface area is 158 Å². The van der Waals surface area contributed by atoms with Crippen molar-refractivity contribution in [2.75, 3.05) is 20.3 Å². The zero-order chi connectivity index (χ0) is 18.2. The molecule has 0 atom stereocenters. The van der Waals surface area contributed by atoms with E-state index in [1.165, 1.54) is 18.4 Å². The minimum Gasteiger partial charge on any atom is -0.493 e. The Morgan fingerprint density at radius 1 is 1.16 bits per heavy atom. The van der Waals surface area contributed by atoms with Gasteiger partial charge in [-0.1, -0.05) is 18.2 Å². The smallest absolute Gasteiger partial charge is 0.344 e. The Hall–Kier alpha value is -2.12. The van der Waals surface area contributed by atoms with Gasteiger partial charge < -0.3 is 14.2 Å². The molecule has 0 spiro atoms. The summed E-state index contributed by atoms with van der Waals surface area (Å²) in [6.07, 6.45) is 3.84. The number of ether oxygens (including phenoxy) is 3. The molecule has 25 heavy (non-hydrogen) atoms. The summed E-state index contributed by atoms with van der Waals surface area (Å²) in [4.78, 5) is 24.2. The molecule has 0 amide bonds. The predicted molar refractivity (Wildman–Crippen MR) is 101 cm³/mol.